The second kappa shape index (κ2) is 4.23. The summed E-state index contributed by atoms with van der Waals surface area (Å²) in [6.07, 6.45) is 2.28. The maximum Gasteiger partial charge on any atom is 0.173 e. The van der Waals surface area contributed by atoms with Gasteiger partial charge in [0, 0.05) is 10.9 Å². The quantitative estimate of drug-likeness (QED) is 0.741. The van der Waals surface area contributed by atoms with E-state index in [1.54, 1.807) is 24.5 Å². The predicted molar refractivity (Wildman–Crippen MR) is 68.3 cm³/mol. The second-order valence-corrected chi connectivity index (χ2v) is 4.11. The standard InChI is InChI=1S/C14H13NO3/c15-6-5-10-11-8-9(16)3-4-12(11)18-14(10)13-2-1-7-17-13/h1-4,7-8,16H,5-6,15H2. The molecule has 4 nitrogen and oxygen atoms in total. The summed E-state index contributed by atoms with van der Waals surface area (Å²) in [6.45, 7) is 0.512. The summed E-state index contributed by atoms with van der Waals surface area (Å²) >= 11 is 0. The zero-order chi connectivity index (χ0) is 12.5. The van der Waals surface area contributed by atoms with Gasteiger partial charge in [-0.05, 0) is 43.3 Å². The fourth-order valence-electron chi connectivity index (χ4n) is 2.14. The van der Waals surface area contributed by atoms with E-state index in [2.05, 4.69) is 0 Å². The molecule has 0 saturated carbocycles. The molecule has 0 saturated heterocycles. The van der Waals surface area contributed by atoms with Crippen LogP contribution in [0.15, 0.2) is 45.4 Å². The van der Waals surface area contributed by atoms with Gasteiger partial charge in [0.05, 0.1) is 6.26 Å². The number of hydrogen-bond donors (Lipinski definition) is 2. The minimum absolute atomic E-state index is 0.215. The van der Waals surface area contributed by atoms with Crippen molar-refractivity contribution in [2.75, 3.05) is 6.54 Å². The highest BCUT2D eigenvalue weighted by atomic mass is 16.4. The lowest BCUT2D eigenvalue weighted by molar-refractivity contribution is 0.476. The summed E-state index contributed by atoms with van der Waals surface area (Å²) in [6, 6.07) is 8.70. The average Bonchev–Trinajstić information content (AvgIpc) is 2.98. The first-order valence-electron chi connectivity index (χ1n) is 5.78. The summed E-state index contributed by atoms with van der Waals surface area (Å²) in [5.74, 6) is 1.58. The molecule has 2 heterocycles. The third-order valence-corrected chi connectivity index (χ3v) is 2.91. The molecule has 4 heteroatoms. The monoisotopic (exact) mass is 243 g/mol. The molecule has 0 atom stereocenters. The first kappa shape index (κ1) is 10.9. The van der Waals surface area contributed by atoms with Crippen LogP contribution in [0.3, 0.4) is 0 Å². The molecule has 0 unspecified atom stereocenters. The summed E-state index contributed by atoms with van der Waals surface area (Å²) in [7, 11) is 0. The molecule has 3 N–H and O–H groups in total. The molecule has 0 aliphatic rings. The van der Waals surface area contributed by atoms with Crippen molar-refractivity contribution in [2.24, 2.45) is 5.73 Å². The van der Waals surface area contributed by atoms with Gasteiger partial charge in [0.25, 0.3) is 0 Å². The third-order valence-electron chi connectivity index (χ3n) is 2.91. The minimum Gasteiger partial charge on any atom is -0.508 e. The van der Waals surface area contributed by atoms with Gasteiger partial charge in [-0.25, -0.2) is 0 Å². The Morgan fingerprint density at radius 2 is 2.11 bits per heavy atom. The minimum atomic E-state index is 0.215. The van der Waals surface area contributed by atoms with Crippen molar-refractivity contribution < 1.29 is 13.9 Å². The van der Waals surface area contributed by atoms with Crippen LogP contribution in [0.4, 0.5) is 0 Å². The maximum absolute atomic E-state index is 9.57. The van der Waals surface area contributed by atoms with E-state index in [9.17, 15) is 5.11 Å². The van der Waals surface area contributed by atoms with E-state index in [4.69, 9.17) is 14.6 Å². The topological polar surface area (TPSA) is 72.5 Å². The van der Waals surface area contributed by atoms with Gasteiger partial charge in [-0.15, -0.1) is 0 Å². The highest BCUT2D eigenvalue weighted by Crippen LogP contribution is 2.35. The van der Waals surface area contributed by atoms with Crippen LogP contribution in [0.1, 0.15) is 5.56 Å². The molecule has 0 radical (unpaired) electrons. The van der Waals surface area contributed by atoms with Crippen LogP contribution in [-0.2, 0) is 6.42 Å². The average molecular weight is 243 g/mol. The summed E-state index contributed by atoms with van der Waals surface area (Å²) in [5.41, 5.74) is 7.33. The summed E-state index contributed by atoms with van der Waals surface area (Å²) in [4.78, 5) is 0. The van der Waals surface area contributed by atoms with Crippen LogP contribution in [-0.4, -0.2) is 11.7 Å². The highest BCUT2D eigenvalue weighted by molar-refractivity contribution is 5.88. The molecule has 2 aromatic heterocycles. The zero-order valence-electron chi connectivity index (χ0n) is 9.72. The molecule has 18 heavy (non-hydrogen) atoms. The lowest BCUT2D eigenvalue weighted by Crippen LogP contribution is -2.02. The van der Waals surface area contributed by atoms with Crippen LogP contribution < -0.4 is 5.73 Å². The molecular weight excluding hydrogens is 230 g/mol. The second-order valence-electron chi connectivity index (χ2n) is 4.11. The number of furan rings is 2. The number of hydrogen-bond acceptors (Lipinski definition) is 4. The fourth-order valence-corrected chi connectivity index (χ4v) is 2.14. The molecule has 3 rings (SSSR count). The molecular formula is C14H13NO3. The zero-order valence-corrected chi connectivity index (χ0v) is 9.72. The van der Waals surface area contributed by atoms with E-state index in [0.29, 0.717) is 24.5 Å². The van der Waals surface area contributed by atoms with E-state index < -0.39 is 0 Å². The summed E-state index contributed by atoms with van der Waals surface area (Å²) in [5, 5.41) is 10.4. The fraction of sp³-hybridized carbons (Fsp3) is 0.143. The largest absolute Gasteiger partial charge is 0.508 e. The smallest absolute Gasteiger partial charge is 0.173 e. The lowest BCUT2D eigenvalue weighted by Gasteiger charge is -1.98. The van der Waals surface area contributed by atoms with Crippen LogP contribution in [0, 0.1) is 0 Å². The van der Waals surface area contributed by atoms with Gasteiger partial charge in [0.2, 0.25) is 0 Å². The van der Waals surface area contributed by atoms with Gasteiger partial charge in [0.15, 0.2) is 11.5 Å². The first-order chi connectivity index (χ1) is 8.79. The molecule has 0 spiro atoms. The Hall–Kier alpha value is -2.20. The molecule has 0 fully saturated rings. The van der Waals surface area contributed by atoms with Gasteiger partial charge in [-0.2, -0.15) is 0 Å². The number of fused-ring (bicyclic) bond motifs is 1. The Morgan fingerprint density at radius 3 is 2.83 bits per heavy atom. The number of nitrogens with two attached hydrogens (primary N) is 1. The summed E-state index contributed by atoms with van der Waals surface area (Å²) < 4.78 is 11.2. The van der Waals surface area contributed by atoms with Gasteiger partial charge >= 0.3 is 0 Å². The molecule has 0 amide bonds. The van der Waals surface area contributed by atoms with Crippen molar-refractivity contribution >= 4 is 11.0 Å². The van der Waals surface area contributed by atoms with E-state index in [0.717, 1.165) is 16.5 Å². The van der Waals surface area contributed by atoms with E-state index in [1.165, 1.54) is 0 Å². The number of rotatable bonds is 3. The van der Waals surface area contributed by atoms with Gasteiger partial charge in [-0.3, -0.25) is 0 Å². The van der Waals surface area contributed by atoms with Gasteiger partial charge in [0.1, 0.15) is 11.3 Å². The molecule has 0 aliphatic heterocycles. The van der Waals surface area contributed by atoms with Crippen molar-refractivity contribution in [3.63, 3.8) is 0 Å². The van der Waals surface area contributed by atoms with Crippen LogP contribution >= 0.6 is 0 Å². The first-order valence-corrected chi connectivity index (χ1v) is 5.78. The van der Waals surface area contributed by atoms with Gasteiger partial charge in [-0.1, -0.05) is 0 Å². The molecule has 0 aliphatic carbocycles. The van der Waals surface area contributed by atoms with E-state index in [-0.39, 0.29) is 5.75 Å². The predicted octanol–water partition coefficient (Wildman–Crippen LogP) is 2.90. The Balaban J connectivity index is 2.27. The van der Waals surface area contributed by atoms with Crippen molar-refractivity contribution in [1.82, 2.24) is 0 Å². The van der Waals surface area contributed by atoms with Crippen LogP contribution in [0.2, 0.25) is 0 Å². The van der Waals surface area contributed by atoms with Crippen molar-refractivity contribution in [3.05, 3.63) is 42.2 Å². The highest BCUT2D eigenvalue weighted by Gasteiger charge is 2.17. The molecule has 92 valence electrons. The van der Waals surface area contributed by atoms with Crippen LogP contribution in [0.5, 0.6) is 5.75 Å². The SMILES string of the molecule is NCCc1c(-c2ccco2)oc2ccc(O)cc12. The van der Waals surface area contributed by atoms with E-state index in [1.807, 2.05) is 12.1 Å². The number of benzene rings is 1. The third kappa shape index (κ3) is 1.67. The number of phenolic OH excluding ortho intramolecular Hbond substituents is 1. The van der Waals surface area contributed by atoms with Gasteiger partial charge < -0.3 is 19.7 Å². The molecule has 0 bridgehead atoms. The Morgan fingerprint density at radius 1 is 1.22 bits per heavy atom. The van der Waals surface area contributed by atoms with Crippen molar-refractivity contribution in [1.29, 1.82) is 0 Å². The van der Waals surface area contributed by atoms with Crippen molar-refractivity contribution in [3.8, 4) is 17.3 Å². The normalized spacial score (nSPS) is 11.2. The number of phenols is 1. The molecule has 1 aromatic carbocycles. The Kier molecular flexibility index (Phi) is 2.57. The molecule has 3 aromatic rings. The van der Waals surface area contributed by atoms with Crippen molar-refractivity contribution in [2.45, 2.75) is 6.42 Å². The Bertz CT molecular complexity index is 668. The van der Waals surface area contributed by atoms with Crippen LogP contribution in [0.25, 0.3) is 22.5 Å². The maximum atomic E-state index is 9.57. The lowest BCUT2D eigenvalue weighted by atomic mass is 10.1. The van der Waals surface area contributed by atoms with E-state index >= 15 is 0 Å². The Labute approximate surface area is 104 Å². The number of aromatic hydroxyl groups is 1.